The lowest BCUT2D eigenvalue weighted by Crippen LogP contribution is -2.48. The lowest BCUT2D eigenvalue weighted by molar-refractivity contribution is -0.122. The SMILES string of the molecule is CCOc1ccccc1NC(=O)C1CN(S(=O)(=O)c2ccccc2)c2ccccc2O1. The second kappa shape index (κ2) is 8.69. The summed E-state index contributed by atoms with van der Waals surface area (Å²) in [7, 11) is -3.88. The first kappa shape index (κ1) is 20.7. The van der Waals surface area contributed by atoms with Crippen molar-refractivity contribution in [2.75, 3.05) is 22.8 Å². The van der Waals surface area contributed by atoms with Gasteiger partial charge in [0.05, 0.1) is 29.4 Å². The third-order valence-electron chi connectivity index (χ3n) is 4.80. The Morgan fingerprint density at radius 1 is 1.03 bits per heavy atom. The second-order valence-corrected chi connectivity index (χ2v) is 8.70. The number of carbonyl (C=O) groups excluding carboxylic acids is 1. The minimum atomic E-state index is -3.88. The van der Waals surface area contributed by atoms with Gasteiger partial charge in [0.15, 0.2) is 6.10 Å². The van der Waals surface area contributed by atoms with E-state index in [0.29, 0.717) is 29.5 Å². The summed E-state index contributed by atoms with van der Waals surface area (Å²) in [5, 5.41) is 2.80. The zero-order valence-corrected chi connectivity index (χ0v) is 17.7. The summed E-state index contributed by atoms with van der Waals surface area (Å²) in [6.07, 6.45) is -1.04. The first-order valence-electron chi connectivity index (χ1n) is 9.87. The lowest BCUT2D eigenvalue weighted by atomic mass is 10.2. The Balaban J connectivity index is 1.65. The van der Waals surface area contributed by atoms with E-state index < -0.39 is 22.0 Å². The molecular weight excluding hydrogens is 416 g/mol. The number of nitrogens with one attached hydrogen (secondary N) is 1. The second-order valence-electron chi connectivity index (χ2n) is 6.84. The van der Waals surface area contributed by atoms with Gasteiger partial charge in [-0.1, -0.05) is 42.5 Å². The van der Waals surface area contributed by atoms with E-state index in [4.69, 9.17) is 9.47 Å². The maximum absolute atomic E-state index is 13.3. The number of hydrogen-bond donors (Lipinski definition) is 1. The predicted octanol–water partition coefficient (Wildman–Crippen LogP) is 3.68. The molecule has 0 aliphatic carbocycles. The van der Waals surface area contributed by atoms with Crippen molar-refractivity contribution in [2.24, 2.45) is 0 Å². The molecule has 0 aromatic heterocycles. The van der Waals surface area contributed by atoms with Gasteiger partial charge in [-0.15, -0.1) is 0 Å². The van der Waals surface area contributed by atoms with E-state index in [1.165, 1.54) is 16.4 Å². The minimum absolute atomic E-state index is 0.146. The van der Waals surface area contributed by atoms with Crippen molar-refractivity contribution in [3.05, 3.63) is 78.9 Å². The van der Waals surface area contributed by atoms with Crippen LogP contribution in [0.4, 0.5) is 11.4 Å². The summed E-state index contributed by atoms with van der Waals surface area (Å²) in [4.78, 5) is 13.2. The number of hydrogen-bond acceptors (Lipinski definition) is 5. The molecule has 0 radical (unpaired) electrons. The topological polar surface area (TPSA) is 84.9 Å². The van der Waals surface area contributed by atoms with Crippen LogP contribution in [0.2, 0.25) is 0 Å². The first-order chi connectivity index (χ1) is 15.0. The Kier molecular flexibility index (Phi) is 5.81. The van der Waals surface area contributed by atoms with E-state index >= 15 is 0 Å². The van der Waals surface area contributed by atoms with Crippen LogP contribution in [0.5, 0.6) is 11.5 Å². The minimum Gasteiger partial charge on any atom is -0.492 e. The molecule has 160 valence electrons. The molecule has 0 saturated heterocycles. The Morgan fingerprint density at radius 2 is 1.71 bits per heavy atom. The summed E-state index contributed by atoms with van der Waals surface area (Å²) in [6, 6.07) is 22.0. The highest BCUT2D eigenvalue weighted by molar-refractivity contribution is 7.92. The van der Waals surface area contributed by atoms with Gasteiger partial charge in [0, 0.05) is 0 Å². The van der Waals surface area contributed by atoms with Gasteiger partial charge in [-0.3, -0.25) is 9.10 Å². The predicted molar refractivity (Wildman–Crippen MR) is 118 cm³/mol. The summed E-state index contributed by atoms with van der Waals surface area (Å²) in [5.74, 6) is 0.393. The smallest absolute Gasteiger partial charge is 0.267 e. The van der Waals surface area contributed by atoms with Crippen LogP contribution >= 0.6 is 0 Å². The van der Waals surface area contributed by atoms with Gasteiger partial charge in [0.1, 0.15) is 11.5 Å². The molecule has 0 bridgehead atoms. The molecule has 1 amide bonds. The van der Waals surface area contributed by atoms with Gasteiger partial charge >= 0.3 is 0 Å². The fourth-order valence-corrected chi connectivity index (χ4v) is 4.85. The van der Waals surface area contributed by atoms with Crippen molar-refractivity contribution < 1.29 is 22.7 Å². The third kappa shape index (κ3) is 4.20. The molecule has 1 unspecified atom stereocenters. The maximum atomic E-state index is 13.3. The van der Waals surface area contributed by atoms with E-state index in [2.05, 4.69) is 5.32 Å². The maximum Gasteiger partial charge on any atom is 0.267 e. The van der Waals surface area contributed by atoms with Gasteiger partial charge in [0.2, 0.25) is 0 Å². The number of para-hydroxylation sites is 4. The fourth-order valence-electron chi connectivity index (χ4n) is 3.35. The molecule has 1 N–H and O–H groups in total. The molecule has 7 nitrogen and oxygen atoms in total. The summed E-state index contributed by atoms with van der Waals surface area (Å²) in [5.41, 5.74) is 0.888. The van der Waals surface area contributed by atoms with Crippen molar-refractivity contribution in [1.82, 2.24) is 0 Å². The highest BCUT2D eigenvalue weighted by Gasteiger charge is 2.37. The van der Waals surface area contributed by atoms with Crippen molar-refractivity contribution in [1.29, 1.82) is 0 Å². The van der Waals surface area contributed by atoms with Crippen LogP contribution < -0.4 is 19.1 Å². The molecule has 1 heterocycles. The highest BCUT2D eigenvalue weighted by Crippen LogP contribution is 2.37. The molecule has 31 heavy (non-hydrogen) atoms. The summed E-state index contributed by atoms with van der Waals surface area (Å²) >= 11 is 0. The van der Waals surface area contributed by atoms with Crippen molar-refractivity contribution in [3.63, 3.8) is 0 Å². The van der Waals surface area contributed by atoms with Crippen LogP contribution in [0.15, 0.2) is 83.8 Å². The van der Waals surface area contributed by atoms with Crippen molar-refractivity contribution in [3.8, 4) is 11.5 Å². The Morgan fingerprint density at radius 3 is 2.48 bits per heavy atom. The highest BCUT2D eigenvalue weighted by atomic mass is 32.2. The Hall–Kier alpha value is -3.52. The van der Waals surface area contributed by atoms with Crippen LogP contribution in [0.3, 0.4) is 0 Å². The third-order valence-corrected chi connectivity index (χ3v) is 6.60. The molecule has 4 rings (SSSR count). The van der Waals surface area contributed by atoms with E-state index in [0.717, 1.165) is 0 Å². The van der Waals surface area contributed by atoms with Crippen LogP contribution in [0.25, 0.3) is 0 Å². The van der Waals surface area contributed by atoms with E-state index in [1.54, 1.807) is 60.7 Å². The van der Waals surface area contributed by atoms with E-state index in [1.807, 2.05) is 13.0 Å². The van der Waals surface area contributed by atoms with Gasteiger partial charge in [-0.25, -0.2) is 8.42 Å². The number of ether oxygens (including phenoxy) is 2. The molecule has 3 aromatic rings. The standard InChI is InChI=1S/C23H22N2O5S/c1-2-29-20-14-8-6-12-18(20)24-23(26)22-16-25(19-13-7-9-15-21(19)30-22)31(27,28)17-10-4-3-5-11-17/h3-15,22H,2,16H2,1H3,(H,24,26). The quantitative estimate of drug-likeness (QED) is 0.635. The zero-order chi connectivity index (χ0) is 21.8. The molecule has 8 heteroatoms. The largest absolute Gasteiger partial charge is 0.492 e. The van der Waals surface area contributed by atoms with Gasteiger partial charge in [-0.2, -0.15) is 0 Å². The van der Waals surface area contributed by atoms with E-state index in [9.17, 15) is 13.2 Å². The van der Waals surface area contributed by atoms with Crippen LogP contribution in [-0.2, 0) is 14.8 Å². The average molecular weight is 439 g/mol. The van der Waals surface area contributed by atoms with Gasteiger partial charge in [0.25, 0.3) is 15.9 Å². The van der Waals surface area contributed by atoms with Gasteiger partial charge < -0.3 is 14.8 Å². The number of rotatable bonds is 6. The number of nitrogens with zero attached hydrogens (tertiary/aromatic N) is 1. The number of sulfonamides is 1. The molecule has 0 spiro atoms. The van der Waals surface area contributed by atoms with Gasteiger partial charge in [-0.05, 0) is 43.3 Å². The Labute approximate surface area is 181 Å². The fraction of sp³-hybridized carbons (Fsp3) is 0.174. The summed E-state index contributed by atoms with van der Waals surface area (Å²) < 4.78 is 39.3. The lowest BCUT2D eigenvalue weighted by Gasteiger charge is -2.34. The average Bonchev–Trinajstić information content (AvgIpc) is 2.80. The van der Waals surface area contributed by atoms with Crippen molar-refractivity contribution >= 4 is 27.3 Å². The number of benzene rings is 3. The summed E-state index contributed by atoms with van der Waals surface area (Å²) in [6.45, 7) is 2.15. The number of carbonyl (C=O) groups is 1. The molecule has 0 fully saturated rings. The van der Waals surface area contributed by atoms with E-state index in [-0.39, 0.29) is 11.4 Å². The number of amides is 1. The van der Waals surface area contributed by atoms with Crippen LogP contribution in [0.1, 0.15) is 6.92 Å². The molecule has 3 aromatic carbocycles. The molecule has 1 aliphatic rings. The number of anilines is 2. The molecular formula is C23H22N2O5S. The van der Waals surface area contributed by atoms with Crippen LogP contribution in [0, 0.1) is 0 Å². The normalized spacial score (nSPS) is 15.5. The number of fused-ring (bicyclic) bond motifs is 1. The van der Waals surface area contributed by atoms with Crippen molar-refractivity contribution in [2.45, 2.75) is 17.9 Å². The Bertz CT molecular complexity index is 1180. The molecule has 1 aliphatic heterocycles. The zero-order valence-electron chi connectivity index (χ0n) is 16.9. The molecule has 1 atom stereocenters. The molecule has 0 saturated carbocycles. The van der Waals surface area contributed by atoms with Crippen LogP contribution in [-0.4, -0.2) is 33.6 Å². The monoisotopic (exact) mass is 438 g/mol. The first-order valence-corrected chi connectivity index (χ1v) is 11.3.